The molecule has 0 radical (unpaired) electrons. The molecular weight excluding hydrogens is 452 g/mol. The van der Waals surface area contributed by atoms with Crippen molar-refractivity contribution in [2.45, 2.75) is 17.9 Å². The van der Waals surface area contributed by atoms with E-state index in [9.17, 15) is 9.59 Å². The predicted octanol–water partition coefficient (Wildman–Crippen LogP) is 3.51. The molecule has 3 aromatic rings. The Kier molecular flexibility index (Phi) is 8.18. The van der Waals surface area contributed by atoms with Crippen LogP contribution >= 0.6 is 23.1 Å². The summed E-state index contributed by atoms with van der Waals surface area (Å²) in [4.78, 5) is 30.4. The molecule has 1 amide bonds. The number of rotatable bonds is 9. The third-order valence-corrected chi connectivity index (χ3v) is 6.68. The second-order valence-electron chi connectivity index (χ2n) is 6.47. The zero-order chi connectivity index (χ0) is 23.1. The number of fused-ring (bicyclic) bond motifs is 1. The minimum absolute atomic E-state index is 0.104. The Balaban J connectivity index is 1.88. The van der Waals surface area contributed by atoms with Crippen LogP contribution in [0.5, 0.6) is 17.2 Å². The molecule has 0 fully saturated rings. The van der Waals surface area contributed by atoms with Gasteiger partial charge in [-0.1, -0.05) is 11.3 Å². The van der Waals surface area contributed by atoms with Crippen LogP contribution in [0.15, 0.2) is 46.3 Å². The Hall–Kier alpha value is -2.98. The van der Waals surface area contributed by atoms with Gasteiger partial charge in [0.1, 0.15) is 34.0 Å². The molecule has 3 rings (SSSR count). The van der Waals surface area contributed by atoms with E-state index in [1.807, 2.05) is 24.3 Å². The molecule has 0 atom stereocenters. The number of benzene rings is 2. The van der Waals surface area contributed by atoms with Crippen LogP contribution in [0.2, 0.25) is 0 Å². The van der Waals surface area contributed by atoms with Crippen LogP contribution in [0.25, 0.3) is 10.2 Å². The number of hydrogen-bond acceptors (Lipinski definition) is 8. The first-order chi connectivity index (χ1) is 15.5. The molecule has 0 aliphatic carbocycles. The number of carbonyl (C=O) groups is 2. The van der Waals surface area contributed by atoms with Gasteiger partial charge in [0.15, 0.2) is 4.80 Å². The molecule has 0 unspecified atom stereocenters. The summed E-state index contributed by atoms with van der Waals surface area (Å²) in [6, 6.07) is 11.2. The van der Waals surface area contributed by atoms with E-state index in [0.29, 0.717) is 27.6 Å². The molecule has 8 nitrogen and oxygen atoms in total. The van der Waals surface area contributed by atoms with Gasteiger partial charge in [-0.3, -0.25) is 9.59 Å². The van der Waals surface area contributed by atoms with Crippen LogP contribution < -0.4 is 19.0 Å². The van der Waals surface area contributed by atoms with Gasteiger partial charge in [-0.25, -0.2) is 0 Å². The Morgan fingerprint density at radius 3 is 2.28 bits per heavy atom. The number of ether oxygens (including phenoxy) is 4. The third kappa shape index (κ3) is 5.43. The van der Waals surface area contributed by atoms with Gasteiger partial charge < -0.3 is 23.5 Å². The molecular formula is C22H24N2O6S2. The van der Waals surface area contributed by atoms with Crippen molar-refractivity contribution in [2.75, 3.05) is 34.2 Å². The van der Waals surface area contributed by atoms with E-state index in [1.165, 1.54) is 18.4 Å². The second-order valence-corrected chi connectivity index (χ2v) is 8.62. The lowest BCUT2D eigenvalue weighted by molar-refractivity contribution is -0.141. The maximum Gasteiger partial charge on any atom is 0.325 e. The van der Waals surface area contributed by atoms with E-state index in [0.717, 1.165) is 15.3 Å². The molecule has 10 heteroatoms. The summed E-state index contributed by atoms with van der Waals surface area (Å²) in [6.07, 6.45) is 0.247. The lowest BCUT2D eigenvalue weighted by Crippen LogP contribution is -2.22. The van der Waals surface area contributed by atoms with Gasteiger partial charge >= 0.3 is 5.97 Å². The Morgan fingerprint density at radius 2 is 1.66 bits per heavy atom. The summed E-state index contributed by atoms with van der Waals surface area (Å²) in [5.41, 5.74) is 0.626. The largest absolute Gasteiger partial charge is 0.497 e. The summed E-state index contributed by atoms with van der Waals surface area (Å²) in [5, 5.41) is 0. The van der Waals surface area contributed by atoms with E-state index in [1.54, 1.807) is 49.8 Å². The number of methoxy groups -OCH3 is 4. The van der Waals surface area contributed by atoms with Gasteiger partial charge in [0, 0.05) is 17.1 Å². The minimum Gasteiger partial charge on any atom is -0.497 e. The van der Waals surface area contributed by atoms with Crippen LogP contribution in [0, 0.1) is 0 Å². The Bertz CT molecular complexity index is 1170. The van der Waals surface area contributed by atoms with Crippen LogP contribution in [0.4, 0.5) is 0 Å². The van der Waals surface area contributed by atoms with Crippen molar-refractivity contribution < 1.29 is 28.5 Å². The highest BCUT2D eigenvalue weighted by Gasteiger charge is 2.18. The molecule has 0 aliphatic rings. The summed E-state index contributed by atoms with van der Waals surface area (Å²) >= 11 is 2.82. The number of aromatic nitrogens is 1. The van der Waals surface area contributed by atoms with Gasteiger partial charge in [0.25, 0.3) is 0 Å². The zero-order valence-corrected chi connectivity index (χ0v) is 19.9. The molecule has 1 heterocycles. The van der Waals surface area contributed by atoms with E-state index in [2.05, 4.69) is 4.99 Å². The van der Waals surface area contributed by atoms with Crippen molar-refractivity contribution in [3.05, 3.63) is 41.2 Å². The number of esters is 1. The van der Waals surface area contributed by atoms with Gasteiger partial charge in [-0.05, 0) is 36.4 Å². The topological polar surface area (TPSA) is 88.4 Å². The lowest BCUT2D eigenvalue weighted by Gasteiger charge is -2.09. The summed E-state index contributed by atoms with van der Waals surface area (Å²) < 4.78 is 23.3. The number of carbonyl (C=O) groups excluding carboxylic acids is 2. The average Bonchev–Trinajstić information content (AvgIpc) is 3.16. The third-order valence-electron chi connectivity index (χ3n) is 4.57. The Labute approximate surface area is 193 Å². The molecule has 0 saturated heterocycles. The first-order valence-corrected chi connectivity index (χ1v) is 11.5. The summed E-state index contributed by atoms with van der Waals surface area (Å²) in [7, 11) is 6.03. The molecule has 2 aromatic carbocycles. The number of thioether (sulfide) groups is 1. The molecule has 0 bridgehead atoms. The SMILES string of the molecule is COC(=O)Cn1c(=NC(=O)CCSc2ccc(OC)cc2)sc2c(OC)ccc(OC)c21. The monoisotopic (exact) mass is 476 g/mol. The smallest absolute Gasteiger partial charge is 0.325 e. The molecule has 0 spiro atoms. The lowest BCUT2D eigenvalue weighted by atomic mass is 10.3. The number of thiazole rings is 1. The van der Waals surface area contributed by atoms with Gasteiger partial charge in [-0.15, -0.1) is 11.8 Å². The molecule has 0 saturated carbocycles. The van der Waals surface area contributed by atoms with Crippen molar-refractivity contribution >= 4 is 45.2 Å². The van der Waals surface area contributed by atoms with E-state index in [4.69, 9.17) is 18.9 Å². The normalized spacial score (nSPS) is 11.4. The van der Waals surface area contributed by atoms with E-state index >= 15 is 0 Å². The van der Waals surface area contributed by atoms with Crippen LogP contribution in [-0.2, 0) is 20.9 Å². The number of hydrogen-bond donors (Lipinski definition) is 0. The fourth-order valence-corrected chi connectivity index (χ4v) is 4.97. The molecule has 0 N–H and O–H groups in total. The standard InChI is InChI=1S/C22H24N2O6S2/c1-27-14-5-7-15(8-6-14)31-12-11-18(25)23-22-24(13-19(26)30-4)20-16(28-2)9-10-17(29-3)21(20)32-22/h5-10H,11-13H2,1-4H3. The highest BCUT2D eigenvalue weighted by molar-refractivity contribution is 7.99. The fraction of sp³-hybridized carbons (Fsp3) is 0.318. The minimum atomic E-state index is -0.460. The first kappa shape index (κ1) is 23.7. The second kappa shape index (κ2) is 11.1. The summed E-state index contributed by atoms with van der Waals surface area (Å²) in [6.45, 7) is -0.104. The van der Waals surface area contributed by atoms with Gasteiger partial charge in [-0.2, -0.15) is 4.99 Å². The summed E-state index contributed by atoms with van der Waals surface area (Å²) in [5.74, 6) is 1.76. The highest BCUT2D eigenvalue weighted by atomic mass is 32.2. The van der Waals surface area contributed by atoms with Gasteiger partial charge in [0.05, 0.1) is 28.4 Å². The fourth-order valence-electron chi connectivity index (χ4n) is 2.97. The van der Waals surface area contributed by atoms with Crippen LogP contribution in [0.1, 0.15) is 6.42 Å². The number of amides is 1. The zero-order valence-electron chi connectivity index (χ0n) is 18.2. The Morgan fingerprint density at radius 1 is 0.969 bits per heavy atom. The van der Waals surface area contributed by atoms with Crippen LogP contribution in [0.3, 0.4) is 0 Å². The predicted molar refractivity (Wildman–Crippen MR) is 124 cm³/mol. The van der Waals surface area contributed by atoms with Crippen LogP contribution in [-0.4, -0.2) is 50.6 Å². The van der Waals surface area contributed by atoms with Crippen molar-refractivity contribution in [1.29, 1.82) is 0 Å². The van der Waals surface area contributed by atoms with Crippen molar-refractivity contribution in [3.8, 4) is 17.2 Å². The highest BCUT2D eigenvalue weighted by Crippen LogP contribution is 2.35. The molecule has 32 heavy (non-hydrogen) atoms. The number of nitrogens with zero attached hydrogens (tertiary/aromatic N) is 2. The molecule has 0 aliphatic heterocycles. The maximum absolute atomic E-state index is 12.6. The average molecular weight is 477 g/mol. The van der Waals surface area contributed by atoms with E-state index in [-0.39, 0.29) is 18.9 Å². The van der Waals surface area contributed by atoms with Crippen molar-refractivity contribution in [2.24, 2.45) is 4.99 Å². The molecule has 170 valence electrons. The quantitative estimate of drug-likeness (QED) is 0.345. The van der Waals surface area contributed by atoms with Crippen molar-refractivity contribution in [1.82, 2.24) is 4.57 Å². The first-order valence-electron chi connectivity index (χ1n) is 9.66. The van der Waals surface area contributed by atoms with Crippen molar-refractivity contribution in [3.63, 3.8) is 0 Å². The molecule has 1 aromatic heterocycles. The van der Waals surface area contributed by atoms with E-state index < -0.39 is 5.97 Å². The van der Waals surface area contributed by atoms with Gasteiger partial charge in [0.2, 0.25) is 5.91 Å². The maximum atomic E-state index is 12.6.